The van der Waals surface area contributed by atoms with Crippen LogP contribution in [0.4, 0.5) is 0 Å². The highest BCUT2D eigenvalue weighted by Gasteiger charge is 2.15. The van der Waals surface area contributed by atoms with Crippen molar-refractivity contribution in [2.75, 3.05) is 13.2 Å². The molecule has 0 spiro atoms. The molecule has 0 aliphatic heterocycles. The fraction of sp³-hybridized carbons (Fsp3) is 0.318. The summed E-state index contributed by atoms with van der Waals surface area (Å²) >= 11 is 0. The van der Waals surface area contributed by atoms with Gasteiger partial charge in [-0.15, -0.1) is 0 Å². The first-order valence-corrected chi connectivity index (χ1v) is 9.43. The number of hydrogen-bond acceptors (Lipinski definition) is 4. The molecule has 3 rings (SSSR count). The molecule has 0 saturated heterocycles. The van der Waals surface area contributed by atoms with E-state index in [9.17, 15) is 9.59 Å². The van der Waals surface area contributed by atoms with Gasteiger partial charge in [0.05, 0.1) is 30.5 Å². The lowest BCUT2D eigenvalue weighted by Crippen LogP contribution is -2.32. The molecule has 1 heterocycles. The summed E-state index contributed by atoms with van der Waals surface area (Å²) in [6.45, 7) is 6.99. The molecule has 0 unspecified atom stereocenters. The second-order valence-corrected chi connectivity index (χ2v) is 6.81. The maximum atomic E-state index is 12.6. The molecule has 0 radical (unpaired) electrons. The standard InChI is InChI=1S/C22H25N3O3/c1-4-25(14-20-23-18-8-6-5-7-17(18)22(27)24-20)21(26)11-12-28-19-13-15(2)9-10-16(19)3/h5-10,13H,4,11-12,14H2,1-3H3,(H,23,24,27). The van der Waals surface area contributed by atoms with Crippen molar-refractivity contribution in [3.05, 3.63) is 69.8 Å². The van der Waals surface area contributed by atoms with Crippen LogP contribution in [-0.4, -0.2) is 33.9 Å². The van der Waals surface area contributed by atoms with Crippen LogP contribution in [0.1, 0.15) is 30.3 Å². The normalized spacial score (nSPS) is 10.8. The maximum Gasteiger partial charge on any atom is 0.258 e. The number of carbonyl (C=O) groups is 1. The summed E-state index contributed by atoms with van der Waals surface area (Å²) in [7, 11) is 0. The Labute approximate surface area is 164 Å². The summed E-state index contributed by atoms with van der Waals surface area (Å²) in [5, 5.41) is 0.544. The zero-order valence-corrected chi connectivity index (χ0v) is 16.5. The van der Waals surface area contributed by atoms with Crippen LogP contribution in [0.25, 0.3) is 10.9 Å². The molecule has 2 aromatic carbocycles. The Bertz CT molecular complexity index is 1040. The number of para-hydroxylation sites is 1. The van der Waals surface area contributed by atoms with Crippen LogP contribution in [0.5, 0.6) is 5.75 Å². The fourth-order valence-corrected chi connectivity index (χ4v) is 3.04. The first-order valence-electron chi connectivity index (χ1n) is 9.43. The third-order valence-corrected chi connectivity index (χ3v) is 4.65. The predicted molar refractivity (Wildman–Crippen MR) is 109 cm³/mol. The predicted octanol–water partition coefficient (Wildman–Crippen LogP) is 3.36. The van der Waals surface area contributed by atoms with Gasteiger partial charge in [0, 0.05) is 6.54 Å². The number of hydrogen-bond donors (Lipinski definition) is 1. The molecular formula is C22H25N3O3. The third kappa shape index (κ3) is 4.57. The molecule has 1 amide bonds. The highest BCUT2D eigenvalue weighted by atomic mass is 16.5. The Morgan fingerprint density at radius 2 is 1.96 bits per heavy atom. The maximum absolute atomic E-state index is 12.6. The highest BCUT2D eigenvalue weighted by molar-refractivity contribution is 5.78. The van der Waals surface area contributed by atoms with Crippen molar-refractivity contribution in [2.45, 2.75) is 33.7 Å². The quantitative estimate of drug-likeness (QED) is 0.683. The smallest absolute Gasteiger partial charge is 0.258 e. The average Bonchev–Trinajstić information content (AvgIpc) is 2.68. The van der Waals surface area contributed by atoms with E-state index in [0.29, 0.717) is 29.9 Å². The van der Waals surface area contributed by atoms with Crippen molar-refractivity contribution in [1.29, 1.82) is 0 Å². The molecule has 0 fully saturated rings. The molecule has 1 N–H and O–H groups in total. The Morgan fingerprint density at radius 3 is 2.75 bits per heavy atom. The third-order valence-electron chi connectivity index (χ3n) is 4.65. The van der Waals surface area contributed by atoms with E-state index in [4.69, 9.17) is 4.74 Å². The van der Waals surface area contributed by atoms with E-state index < -0.39 is 0 Å². The Morgan fingerprint density at radius 1 is 1.18 bits per heavy atom. The van der Waals surface area contributed by atoms with Gasteiger partial charge in [-0.05, 0) is 50.1 Å². The van der Waals surface area contributed by atoms with Crippen molar-refractivity contribution >= 4 is 16.8 Å². The number of H-pyrrole nitrogens is 1. The summed E-state index contributed by atoms with van der Waals surface area (Å²) in [4.78, 5) is 33.7. The van der Waals surface area contributed by atoms with Crippen LogP contribution in [0, 0.1) is 13.8 Å². The molecule has 1 aromatic heterocycles. The topological polar surface area (TPSA) is 75.3 Å². The number of nitrogens with one attached hydrogen (secondary N) is 1. The monoisotopic (exact) mass is 379 g/mol. The number of carbonyl (C=O) groups excluding carboxylic acids is 1. The van der Waals surface area contributed by atoms with Crippen molar-refractivity contribution in [3.8, 4) is 5.75 Å². The van der Waals surface area contributed by atoms with E-state index in [0.717, 1.165) is 16.9 Å². The van der Waals surface area contributed by atoms with E-state index in [1.165, 1.54) is 0 Å². The van der Waals surface area contributed by atoms with Gasteiger partial charge in [0.15, 0.2) is 0 Å². The number of ether oxygens (including phenoxy) is 1. The van der Waals surface area contributed by atoms with Crippen LogP contribution in [0.3, 0.4) is 0 Å². The lowest BCUT2D eigenvalue weighted by Gasteiger charge is -2.20. The molecule has 6 nitrogen and oxygen atoms in total. The zero-order valence-electron chi connectivity index (χ0n) is 16.5. The van der Waals surface area contributed by atoms with Crippen LogP contribution in [-0.2, 0) is 11.3 Å². The molecule has 28 heavy (non-hydrogen) atoms. The fourth-order valence-electron chi connectivity index (χ4n) is 3.04. The number of nitrogens with zero attached hydrogens (tertiary/aromatic N) is 2. The van der Waals surface area contributed by atoms with E-state index >= 15 is 0 Å². The summed E-state index contributed by atoms with van der Waals surface area (Å²) < 4.78 is 5.79. The largest absolute Gasteiger partial charge is 0.493 e. The minimum Gasteiger partial charge on any atom is -0.493 e. The number of amides is 1. The summed E-state index contributed by atoms with van der Waals surface area (Å²) in [6, 6.07) is 13.2. The minimum atomic E-state index is -0.192. The second kappa shape index (κ2) is 8.69. The molecule has 0 atom stereocenters. The van der Waals surface area contributed by atoms with Gasteiger partial charge in [0.25, 0.3) is 5.56 Å². The van der Waals surface area contributed by atoms with Gasteiger partial charge in [-0.3, -0.25) is 9.59 Å². The summed E-state index contributed by atoms with van der Waals surface area (Å²) in [5.74, 6) is 1.24. The van der Waals surface area contributed by atoms with Crippen molar-refractivity contribution in [2.24, 2.45) is 0 Å². The van der Waals surface area contributed by atoms with Gasteiger partial charge >= 0.3 is 0 Å². The summed E-state index contributed by atoms with van der Waals surface area (Å²) in [5.41, 5.74) is 2.60. The number of aryl methyl sites for hydroxylation is 2. The van der Waals surface area contributed by atoms with Crippen molar-refractivity contribution in [1.82, 2.24) is 14.9 Å². The van der Waals surface area contributed by atoms with Crippen LogP contribution in [0.2, 0.25) is 0 Å². The number of benzene rings is 2. The van der Waals surface area contributed by atoms with Gasteiger partial charge in [-0.2, -0.15) is 0 Å². The van der Waals surface area contributed by atoms with E-state index in [2.05, 4.69) is 9.97 Å². The van der Waals surface area contributed by atoms with Crippen molar-refractivity contribution < 1.29 is 9.53 Å². The second-order valence-electron chi connectivity index (χ2n) is 6.81. The van der Waals surface area contributed by atoms with Gasteiger partial charge in [-0.25, -0.2) is 4.98 Å². The lowest BCUT2D eigenvalue weighted by atomic mass is 10.1. The van der Waals surface area contributed by atoms with E-state index in [-0.39, 0.29) is 24.4 Å². The van der Waals surface area contributed by atoms with Gasteiger partial charge in [0.2, 0.25) is 5.91 Å². The molecule has 146 valence electrons. The first-order chi connectivity index (χ1) is 13.5. The number of aromatic nitrogens is 2. The highest BCUT2D eigenvalue weighted by Crippen LogP contribution is 2.19. The number of rotatable bonds is 7. The van der Waals surface area contributed by atoms with Crippen LogP contribution < -0.4 is 10.3 Å². The Hall–Kier alpha value is -3.15. The number of fused-ring (bicyclic) bond motifs is 1. The number of aromatic amines is 1. The molecule has 0 aliphatic rings. The molecular weight excluding hydrogens is 354 g/mol. The van der Waals surface area contributed by atoms with Crippen LogP contribution >= 0.6 is 0 Å². The van der Waals surface area contributed by atoms with Gasteiger partial charge < -0.3 is 14.6 Å². The lowest BCUT2D eigenvalue weighted by molar-refractivity contribution is -0.132. The van der Waals surface area contributed by atoms with Crippen molar-refractivity contribution in [3.63, 3.8) is 0 Å². The molecule has 3 aromatic rings. The molecule has 0 aliphatic carbocycles. The SMILES string of the molecule is CCN(Cc1nc2ccccc2c(=O)[nH]1)C(=O)CCOc1cc(C)ccc1C. The average molecular weight is 379 g/mol. The summed E-state index contributed by atoms with van der Waals surface area (Å²) in [6.07, 6.45) is 0.263. The molecule has 6 heteroatoms. The Kier molecular flexibility index (Phi) is 6.09. The molecule has 0 saturated carbocycles. The Balaban J connectivity index is 1.64. The molecule has 0 bridgehead atoms. The first kappa shape index (κ1) is 19.6. The van der Waals surface area contributed by atoms with Gasteiger partial charge in [-0.1, -0.05) is 24.3 Å². The van der Waals surface area contributed by atoms with E-state index in [1.807, 2.05) is 45.0 Å². The van der Waals surface area contributed by atoms with Gasteiger partial charge in [0.1, 0.15) is 11.6 Å². The zero-order chi connectivity index (χ0) is 20.1. The minimum absolute atomic E-state index is 0.0383. The van der Waals surface area contributed by atoms with E-state index in [1.54, 1.807) is 23.1 Å². The van der Waals surface area contributed by atoms with Crippen LogP contribution in [0.15, 0.2) is 47.3 Å².